The predicted molar refractivity (Wildman–Crippen MR) is 159 cm³/mol. The molecule has 2 fully saturated rings. The Balaban J connectivity index is 1.21. The number of anilines is 2. The van der Waals surface area contributed by atoms with Crippen LogP contribution < -0.4 is 20.9 Å². The number of carbonyl (C=O) groups is 1. The second kappa shape index (κ2) is 11.1. The van der Waals surface area contributed by atoms with Gasteiger partial charge in [0.1, 0.15) is 22.5 Å². The van der Waals surface area contributed by atoms with Gasteiger partial charge >= 0.3 is 0 Å². The Labute approximate surface area is 243 Å². The average molecular weight is 586 g/mol. The van der Waals surface area contributed by atoms with E-state index in [1.54, 1.807) is 28.5 Å². The van der Waals surface area contributed by atoms with Crippen LogP contribution >= 0.6 is 22.7 Å². The van der Waals surface area contributed by atoms with Crippen LogP contribution in [0, 0.1) is 5.92 Å². The van der Waals surface area contributed by atoms with Crippen LogP contribution in [0.3, 0.4) is 0 Å². The predicted octanol–water partition coefficient (Wildman–Crippen LogP) is 4.89. The lowest BCUT2D eigenvalue weighted by Crippen LogP contribution is -2.34. The van der Waals surface area contributed by atoms with Gasteiger partial charge in [-0.2, -0.15) is 4.98 Å². The van der Waals surface area contributed by atoms with Crippen LogP contribution in [0.4, 0.5) is 11.6 Å². The first-order chi connectivity index (χ1) is 20.1. The van der Waals surface area contributed by atoms with E-state index in [-0.39, 0.29) is 35.5 Å². The SMILES string of the molecule is O=C(c1cc2cnc(Nc3ccc(OC4CCNCC4)cc3)nc2n(Cc2ncsc2-c2nccs2)c1=O)C1CC1. The second-order valence-electron chi connectivity index (χ2n) is 10.2. The van der Waals surface area contributed by atoms with E-state index in [0.29, 0.717) is 22.7 Å². The molecule has 41 heavy (non-hydrogen) atoms. The number of nitrogens with zero attached hydrogens (tertiary/aromatic N) is 5. The van der Waals surface area contributed by atoms with Crippen LogP contribution in [-0.2, 0) is 6.54 Å². The first-order valence-electron chi connectivity index (χ1n) is 13.6. The van der Waals surface area contributed by atoms with Gasteiger partial charge in [0.2, 0.25) is 5.95 Å². The minimum absolute atomic E-state index is 0.0812. The topological polar surface area (TPSA) is 124 Å². The highest BCUT2D eigenvalue weighted by Gasteiger charge is 2.33. The van der Waals surface area contributed by atoms with E-state index >= 15 is 0 Å². The molecule has 208 valence electrons. The van der Waals surface area contributed by atoms with Crippen molar-refractivity contribution in [2.75, 3.05) is 18.4 Å². The zero-order valence-electron chi connectivity index (χ0n) is 22.1. The second-order valence-corrected chi connectivity index (χ2v) is 12.0. The lowest BCUT2D eigenvalue weighted by molar-refractivity contribution is 0.0966. The Morgan fingerprint density at radius 3 is 2.66 bits per heavy atom. The molecule has 0 radical (unpaired) electrons. The number of hydrogen-bond donors (Lipinski definition) is 2. The lowest BCUT2D eigenvalue weighted by atomic mass is 10.1. The third kappa shape index (κ3) is 5.50. The van der Waals surface area contributed by atoms with Gasteiger partial charge in [-0.15, -0.1) is 22.7 Å². The molecular weight excluding hydrogens is 558 g/mol. The van der Waals surface area contributed by atoms with Gasteiger partial charge in [0.25, 0.3) is 5.56 Å². The minimum atomic E-state index is -0.364. The van der Waals surface area contributed by atoms with Gasteiger partial charge in [-0.1, -0.05) is 0 Å². The molecule has 1 saturated heterocycles. The zero-order valence-corrected chi connectivity index (χ0v) is 23.7. The van der Waals surface area contributed by atoms with Gasteiger partial charge in [0.05, 0.1) is 28.2 Å². The fourth-order valence-electron chi connectivity index (χ4n) is 5.00. The van der Waals surface area contributed by atoms with Crippen molar-refractivity contribution in [1.29, 1.82) is 0 Å². The van der Waals surface area contributed by atoms with Crippen LogP contribution in [0.5, 0.6) is 5.75 Å². The van der Waals surface area contributed by atoms with Crippen LogP contribution in [-0.4, -0.2) is 49.5 Å². The molecule has 0 spiro atoms. The summed E-state index contributed by atoms with van der Waals surface area (Å²) in [6.07, 6.45) is 7.25. The van der Waals surface area contributed by atoms with Crippen molar-refractivity contribution >= 4 is 51.1 Å². The number of piperidine rings is 1. The molecule has 12 heteroatoms. The maximum atomic E-state index is 13.8. The number of nitrogens with one attached hydrogen (secondary N) is 2. The Kier molecular flexibility index (Phi) is 7.03. The molecule has 0 bridgehead atoms. The monoisotopic (exact) mass is 585 g/mol. The van der Waals surface area contributed by atoms with Crippen LogP contribution in [0.2, 0.25) is 0 Å². The van der Waals surface area contributed by atoms with E-state index in [2.05, 4.69) is 25.6 Å². The van der Waals surface area contributed by atoms with E-state index in [9.17, 15) is 9.59 Å². The maximum absolute atomic E-state index is 13.8. The molecule has 5 aromatic rings. The number of thiazole rings is 2. The van der Waals surface area contributed by atoms with Crippen molar-refractivity contribution in [1.82, 2.24) is 29.8 Å². The summed E-state index contributed by atoms with van der Waals surface area (Å²) >= 11 is 2.99. The average Bonchev–Trinajstić information content (AvgIpc) is 3.50. The van der Waals surface area contributed by atoms with E-state index in [0.717, 1.165) is 60.1 Å². The number of pyridine rings is 1. The molecule has 10 nitrogen and oxygen atoms in total. The summed E-state index contributed by atoms with van der Waals surface area (Å²) in [6, 6.07) is 9.33. The van der Waals surface area contributed by atoms with Crippen molar-refractivity contribution in [2.45, 2.75) is 38.3 Å². The molecule has 1 saturated carbocycles. The van der Waals surface area contributed by atoms with Crippen molar-refractivity contribution < 1.29 is 9.53 Å². The number of ketones is 1. The Morgan fingerprint density at radius 2 is 1.90 bits per heavy atom. The highest BCUT2D eigenvalue weighted by atomic mass is 32.1. The summed E-state index contributed by atoms with van der Waals surface area (Å²) in [5, 5.41) is 9.96. The van der Waals surface area contributed by atoms with Crippen molar-refractivity contribution in [3.63, 3.8) is 0 Å². The maximum Gasteiger partial charge on any atom is 0.263 e. The number of carbonyl (C=O) groups excluding carboxylic acids is 1. The molecule has 7 rings (SSSR count). The van der Waals surface area contributed by atoms with Crippen LogP contribution in [0.15, 0.2) is 58.4 Å². The number of ether oxygens (including phenoxy) is 1. The third-order valence-electron chi connectivity index (χ3n) is 7.32. The molecule has 2 aliphatic rings. The summed E-state index contributed by atoms with van der Waals surface area (Å²) in [4.78, 5) is 45.9. The van der Waals surface area contributed by atoms with Gasteiger partial charge in [-0.3, -0.25) is 14.2 Å². The number of aromatic nitrogens is 5. The van der Waals surface area contributed by atoms with E-state index < -0.39 is 0 Å². The van der Waals surface area contributed by atoms with Gasteiger partial charge in [0, 0.05) is 34.8 Å². The van der Waals surface area contributed by atoms with Gasteiger partial charge < -0.3 is 15.4 Å². The fraction of sp³-hybridized carbons (Fsp3) is 0.310. The van der Waals surface area contributed by atoms with E-state index in [1.807, 2.05) is 29.6 Å². The summed E-state index contributed by atoms with van der Waals surface area (Å²) in [7, 11) is 0. The molecule has 1 aliphatic heterocycles. The lowest BCUT2D eigenvalue weighted by Gasteiger charge is -2.23. The first kappa shape index (κ1) is 25.9. The molecule has 0 unspecified atom stereocenters. The van der Waals surface area contributed by atoms with Gasteiger partial charge in [-0.25, -0.2) is 15.0 Å². The summed E-state index contributed by atoms with van der Waals surface area (Å²) in [5.41, 5.74) is 3.50. The Bertz CT molecular complexity index is 1760. The van der Waals surface area contributed by atoms with Crippen molar-refractivity contribution in [3.8, 4) is 15.6 Å². The third-order valence-corrected chi connectivity index (χ3v) is 9.11. The Hall–Kier alpha value is -4.00. The van der Waals surface area contributed by atoms with Crippen molar-refractivity contribution in [3.05, 3.63) is 75.2 Å². The smallest absolute Gasteiger partial charge is 0.263 e. The summed E-state index contributed by atoms with van der Waals surface area (Å²) < 4.78 is 7.65. The number of Topliss-reactive ketones (excluding diaryl/α,β-unsaturated/α-hetero) is 1. The van der Waals surface area contributed by atoms with Crippen LogP contribution in [0.25, 0.3) is 20.9 Å². The summed E-state index contributed by atoms with van der Waals surface area (Å²) in [5.74, 6) is 0.973. The van der Waals surface area contributed by atoms with Gasteiger partial charge in [-0.05, 0) is 69.1 Å². The number of benzene rings is 1. The number of rotatable bonds is 9. The highest BCUT2D eigenvalue weighted by molar-refractivity contribution is 7.20. The normalized spacial score (nSPS) is 15.7. The van der Waals surface area contributed by atoms with Crippen LogP contribution in [0.1, 0.15) is 41.7 Å². The molecule has 1 aliphatic carbocycles. The zero-order chi connectivity index (χ0) is 27.8. The quantitative estimate of drug-likeness (QED) is 0.233. The molecule has 0 amide bonds. The van der Waals surface area contributed by atoms with E-state index in [1.165, 1.54) is 22.7 Å². The largest absolute Gasteiger partial charge is 0.490 e. The number of hydrogen-bond acceptors (Lipinski definition) is 11. The fourth-order valence-corrected chi connectivity index (χ4v) is 6.58. The summed E-state index contributed by atoms with van der Waals surface area (Å²) in [6.45, 7) is 2.11. The van der Waals surface area contributed by atoms with E-state index in [4.69, 9.17) is 9.72 Å². The molecule has 2 N–H and O–H groups in total. The molecule has 5 heterocycles. The molecular formula is C29H27N7O3S2. The first-order valence-corrected chi connectivity index (χ1v) is 15.4. The number of fused-ring (bicyclic) bond motifs is 1. The standard InChI is InChI=1S/C29H27N7O3S2/c37-24(17-1-2-17)22-13-18-14-32-29(34-19-3-5-20(6-4-19)39-21-7-9-30-10-8-21)35-26(18)36(28(22)38)15-23-25(41-16-33-23)27-31-11-12-40-27/h3-6,11-14,16-17,21,30H,1-2,7-10,15H2,(H,32,34,35). The Morgan fingerprint density at radius 1 is 1.07 bits per heavy atom. The highest BCUT2D eigenvalue weighted by Crippen LogP contribution is 2.33. The van der Waals surface area contributed by atoms with Crippen molar-refractivity contribution in [2.24, 2.45) is 5.92 Å². The molecule has 4 aromatic heterocycles. The molecule has 1 aromatic carbocycles. The minimum Gasteiger partial charge on any atom is -0.490 e. The molecule has 0 atom stereocenters. The van der Waals surface area contributed by atoms with Gasteiger partial charge in [0.15, 0.2) is 5.78 Å².